The third kappa shape index (κ3) is 5.34. The molecule has 0 aromatic heterocycles. The molecule has 0 amide bonds. The van der Waals surface area contributed by atoms with Gasteiger partial charge in [0.05, 0.1) is 0 Å². The Morgan fingerprint density at radius 1 is 1.06 bits per heavy atom. The van der Waals surface area contributed by atoms with Gasteiger partial charge in [-0.05, 0) is 38.0 Å². The van der Waals surface area contributed by atoms with Crippen LogP contribution >= 0.6 is 0 Å². The molecule has 1 aliphatic carbocycles. The van der Waals surface area contributed by atoms with E-state index in [0.717, 1.165) is 11.8 Å². The van der Waals surface area contributed by atoms with Gasteiger partial charge in [-0.15, -0.1) is 0 Å². The van der Waals surface area contributed by atoms with E-state index in [1.165, 1.54) is 57.8 Å². The van der Waals surface area contributed by atoms with Crippen LogP contribution in [0.4, 0.5) is 0 Å². The Balaban J connectivity index is 2.05. The maximum atomic E-state index is 6.39. The molecule has 1 aliphatic rings. The fourth-order valence-corrected chi connectivity index (χ4v) is 2.89. The fraction of sp³-hybridized carbons (Fsp3) is 1.00. The van der Waals surface area contributed by atoms with Gasteiger partial charge in [0.2, 0.25) is 0 Å². The normalized spacial score (nSPS) is 27.8. The van der Waals surface area contributed by atoms with Crippen molar-refractivity contribution in [2.75, 3.05) is 0 Å². The van der Waals surface area contributed by atoms with Crippen LogP contribution in [0.1, 0.15) is 78.6 Å². The Kier molecular flexibility index (Phi) is 5.82. The monoisotopic (exact) mass is 225 g/mol. The predicted molar refractivity (Wildman–Crippen MR) is 72.5 cm³/mol. The van der Waals surface area contributed by atoms with Crippen LogP contribution in [-0.2, 0) is 0 Å². The van der Waals surface area contributed by atoms with Gasteiger partial charge in [-0.3, -0.25) is 0 Å². The number of hydrogen-bond acceptors (Lipinski definition) is 1. The van der Waals surface area contributed by atoms with E-state index in [9.17, 15) is 0 Å². The van der Waals surface area contributed by atoms with Crippen LogP contribution in [0.15, 0.2) is 0 Å². The highest BCUT2D eigenvalue weighted by molar-refractivity contribution is 4.92. The summed E-state index contributed by atoms with van der Waals surface area (Å²) >= 11 is 0. The maximum absolute atomic E-state index is 6.39. The lowest BCUT2D eigenvalue weighted by Crippen LogP contribution is -2.36. The van der Waals surface area contributed by atoms with Crippen molar-refractivity contribution < 1.29 is 0 Å². The summed E-state index contributed by atoms with van der Waals surface area (Å²) in [6.45, 7) is 6.84. The molecule has 0 aromatic rings. The molecule has 1 saturated carbocycles. The molecule has 0 aromatic carbocycles. The van der Waals surface area contributed by atoms with E-state index >= 15 is 0 Å². The van der Waals surface area contributed by atoms with Crippen molar-refractivity contribution in [3.8, 4) is 0 Å². The third-order valence-corrected chi connectivity index (χ3v) is 4.17. The van der Waals surface area contributed by atoms with Gasteiger partial charge in [0.25, 0.3) is 0 Å². The Bertz CT molecular complexity index is 186. The SMILES string of the molecule is CCCCCCCC(C)(N)CC1CC1CC. The summed E-state index contributed by atoms with van der Waals surface area (Å²) in [4.78, 5) is 0. The molecule has 1 heteroatoms. The highest BCUT2D eigenvalue weighted by Gasteiger charge is 2.38. The van der Waals surface area contributed by atoms with E-state index in [1.54, 1.807) is 0 Å². The number of hydrogen-bond donors (Lipinski definition) is 1. The lowest BCUT2D eigenvalue weighted by atomic mass is 9.89. The molecule has 0 saturated heterocycles. The zero-order chi connectivity index (χ0) is 12.0. The number of rotatable bonds is 9. The van der Waals surface area contributed by atoms with Gasteiger partial charge in [-0.25, -0.2) is 0 Å². The van der Waals surface area contributed by atoms with Crippen molar-refractivity contribution in [3.63, 3.8) is 0 Å². The van der Waals surface area contributed by atoms with E-state index in [4.69, 9.17) is 5.73 Å². The van der Waals surface area contributed by atoms with Crippen molar-refractivity contribution in [1.82, 2.24) is 0 Å². The van der Waals surface area contributed by atoms with Crippen molar-refractivity contribution in [3.05, 3.63) is 0 Å². The minimum absolute atomic E-state index is 0.112. The summed E-state index contributed by atoms with van der Waals surface area (Å²) in [6.07, 6.45) is 12.1. The van der Waals surface area contributed by atoms with Crippen LogP contribution in [-0.4, -0.2) is 5.54 Å². The second kappa shape index (κ2) is 6.64. The second-order valence-corrected chi connectivity index (χ2v) is 6.19. The first-order valence-corrected chi connectivity index (χ1v) is 7.38. The molecule has 2 N–H and O–H groups in total. The first-order valence-electron chi connectivity index (χ1n) is 7.38. The predicted octanol–water partition coefficient (Wildman–Crippen LogP) is 4.50. The van der Waals surface area contributed by atoms with Crippen molar-refractivity contribution in [2.24, 2.45) is 17.6 Å². The van der Waals surface area contributed by atoms with Gasteiger partial charge in [0.15, 0.2) is 0 Å². The average Bonchev–Trinajstić information content (AvgIpc) is 2.95. The lowest BCUT2D eigenvalue weighted by molar-refractivity contribution is 0.353. The molecule has 96 valence electrons. The highest BCUT2D eigenvalue weighted by Crippen LogP contribution is 2.46. The van der Waals surface area contributed by atoms with Gasteiger partial charge in [0, 0.05) is 5.54 Å². The van der Waals surface area contributed by atoms with Crippen LogP contribution in [0.5, 0.6) is 0 Å². The summed E-state index contributed by atoms with van der Waals surface area (Å²) in [7, 11) is 0. The highest BCUT2D eigenvalue weighted by atomic mass is 14.7. The number of unbranched alkanes of at least 4 members (excludes halogenated alkanes) is 4. The Labute approximate surface area is 102 Å². The summed E-state index contributed by atoms with van der Waals surface area (Å²) in [6, 6.07) is 0. The molecule has 16 heavy (non-hydrogen) atoms. The number of nitrogens with two attached hydrogens (primary N) is 1. The minimum atomic E-state index is 0.112. The largest absolute Gasteiger partial charge is 0.325 e. The van der Waals surface area contributed by atoms with Gasteiger partial charge < -0.3 is 5.73 Å². The van der Waals surface area contributed by atoms with E-state index in [-0.39, 0.29) is 5.54 Å². The van der Waals surface area contributed by atoms with Crippen molar-refractivity contribution >= 4 is 0 Å². The Morgan fingerprint density at radius 3 is 2.31 bits per heavy atom. The lowest BCUT2D eigenvalue weighted by Gasteiger charge is -2.24. The Morgan fingerprint density at radius 2 is 1.75 bits per heavy atom. The zero-order valence-electron chi connectivity index (χ0n) is 11.6. The van der Waals surface area contributed by atoms with E-state index < -0.39 is 0 Å². The van der Waals surface area contributed by atoms with Crippen LogP contribution in [0.25, 0.3) is 0 Å². The summed E-state index contributed by atoms with van der Waals surface area (Å²) in [5.41, 5.74) is 6.50. The fourth-order valence-electron chi connectivity index (χ4n) is 2.89. The quantitative estimate of drug-likeness (QED) is 0.574. The maximum Gasteiger partial charge on any atom is 0.0128 e. The Hall–Kier alpha value is -0.0400. The molecule has 0 bridgehead atoms. The molecule has 1 fully saturated rings. The molecule has 3 unspecified atom stereocenters. The molecule has 3 atom stereocenters. The topological polar surface area (TPSA) is 26.0 Å². The summed E-state index contributed by atoms with van der Waals surface area (Å²) in [5, 5.41) is 0. The van der Waals surface area contributed by atoms with Crippen LogP contribution in [0.2, 0.25) is 0 Å². The minimum Gasteiger partial charge on any atom is -0.325 e. The van der Waals surface area contributed by atoms with Gasteiger partial charge in [0.1, 0.15) is 0 Å². The standard InChI is InChI=1S/C15H31N/c1-4-6-7-8-9-10-15(3,16)12-14-11-13(14)5-2/h13-14H,4-12,16H2,1-3H3. The van der Waals surface area contributed by atoms with Crippen LogP contribution < -0.4 is 5.73 Å². The molecule has 1 nitrogen and oxygen atoms in total. The molecule has 0 radical (unpaired) electrons. The molecular weight excluding hydrogens is 194 g/mol. The van der Waals surface area contributed by atoms with E-state index in [0.29, 0.717) is 0 Å². The van der Waals surface area contributed by atoms with E-state index in [1.807, 2.05) is 0 Å². The molecule has 0 aliphatic heterocycles. The first kappa shape index (κ1) is 14.0. The van der Waals surface area contributed by atoms with Gasteiger partial charge >= 0.3 is 0 Å². The van der Waals surface area contributed by atoms with Crippen LogP contribution in [0, 0.1) is 11.8 Å². The summed E-state index contributed by atoms with van der Waals surface area (Å²) < 4.78 is 0. The molecule has 0 spiro atoms. The van der Waals surface area contributed by atoms with Crippen molar-refractivity contribution in [2.45, 2.75) is 84.1 Å². The zero-order valence-corrected chi connectivity index (χ0v) is 11.6. The smallest absolute Gasteiger partial charge is 0.0128 e. The molecular formula is C15H31N. The van der Waals surface area contributed by atoms with Gasteiger partial charge in [-0.1, -0.05) is 52.4 Å². The second-order valence-electron chi connectivity index (χ2n) is 6.19. The molecule has 1 rings (SSSR count). The van der Waals surface area contributed by atoms with Gasteiger partial charge in [-0.2, -0.15) is 0 Å². The van der Waals surface area contributed by atoms with E-state index in [2.05, 4.69) is 20.8 Å². The average molecular weight is 225 g/mol. The van der Waals surface area contributed by atoms with Crippen molar-refractivity contribution in [1.29, 1.82) is 0 Å². The first-order chi connectivity index (χ1) is 7.59. The van der Waals surface area contributed by atoms with Crippen LogP contribution in [0.3, 0.4) is 0 Å². The third-order valence-electron chi connectivity index (χ3n) is 4.17. The summed E-state index contributed by atoms with van der Waals surface area (Å²) in [5.74, 6) is 1.96. The molecule has 0 heterocycles.